The number of hydrogen-bond acceptors (Lipinski definition) is 3. The number of carbonyl (C=O) groups is 1. The molecule has 2 aromatic carbocycles. The molecule has 0 saturated heterocycles. The van der Waals surface area contributed by atoms with Crippen LogP contribution in [0.5, 0.6) is 0 Å². The van der Waals surface area contributed by atoms with Crippen LogP contribution in [0.3, 0.4) is 0 Å². The van der Waals surface area contributed by atoms with E-state index in [0.717, 1.165) is 11.1 Å². The average Bonchev–Trinajstić information content (AvgIpc) is 2.60. The molecule has 1 atom stereocenters. The Kier molecular flexibility index (Phi) is 7.28. The monoisotopic (exact) mass is 347 g/mol. The molecule has 0 aliphatic rings. The SMILES string of the molecule is CCN(Cc1cccc(F)c1)C(=O)CSCC(O)c1ccccc1. The summed E-state index contributed by atoms with van der Waals surface area (Å²) < 4.78 is 13.2. The summed E-state index contributed by atoms with van der Waals surface area (Å²) in [5, 5.41) is 10.1. The van der Waals surface area contributed by atoms with E-state index in [9.17, 15) is 14.3 Å². The van der Waals surface area contributed by atoms with Crippen molar-refractivity contribution in [3.63, 3.8) is 0 Å². The molecule has 1 unspecified atom stereocenters. The minimum absolute atomic E-state index is 0.00739. The maximum atomic E-state index is 13.2. The van der Waals surface area contributed by atoms with E-state index in [1.54, 1.807) is 11.0 Å². The second kappa shape index (κ2) is 9.45. The number of aliphatic hydroxyl groups is 1. The highest BCUT2D eigenvalue weighted by Crippen LogP contribution is 2.18. The molecule has 0 heterocycles. The number of benzene rings is 2. The van der Waals surface area contributed by atoms with E-state index in [-0.39, 0.29) is 11.7 Å². The summed E-state index contributed by atoms with van der Waals surface area (Å²) in [5.74, 6) is 0.462. The Morgan fingerprint density at radius 3 is 2.62 bits per heavy atom. The number of carbonyl (C=O) groups excluding carboxylic acids is 1. The van der Waals surface area contributed by atoms with Crippen LogP contribution in [-0.4, -0.2) is 34.0 Å². The summed E-state index contributed by atoms with van der Waals surface area (Å²) in [6.45, 7) is 2.87. The van der Waals surface area contributed by atoms with Gasteiger partial charge in [-0.1, -0.05) is 42.5 Å². The fraction of sp³-hybridized carbons (Fsp3) is 0.316. The van der Waals surface area contributed by atoms with Crippen molar-refractivity contribution in [3.8, 4) is 0 Å². The first kappa shape index (κ1) is 18.5. The molecule has 0 aliphatic carbocycles. The molecule has 1 N–H and O–H groups in total. The number of hydrogen-bond donors (Lipinski definition) is 1. The smallest absolute Gasteiger partial charge is 0.232 e. The van der Waals surface area contributed by atoms with Gasteiger partial charge in [0.05, 0.1) is 11.9 Å². The van der Waals surface area contributed by atoms with Crippen molar-refractivity contribution < 1.29 is 14.3 Å². The van der Waals surface area contributed by atoms with Crippen LogP contribution in [0.2, 0.25) is 0 Å². The maximum Gasteiger partial charge on any atom is 0.232 e. The molecule has 0 aliphatic heterocycles. The van der Waals surface area contributed by atoms with Crippen molar-refractivity contribution in [2.75, 3.05) is 18.1 Å². The summed E-state index contributed by atoms with van der Waals surface area (Å²) in [6, 6.07) is 15.7. The van der Waals surface area contributed by atoms with Crippen molar-refractivity contribution in [2.45, 2.75) is 19.6 Å². The molecular weight excluding hydrogens is 325 g/mol. The van der Waals surface area contributed by atoms with Gasteiger partial charge < -0.3 is 10.0 Å². The van der Waals surface area contributed by atoms with Crippen LogP contribution in [0.1, 0.15) is 24.2 Å². The Labute approximate surface area is 146 Å². The topological polar surface area (TPSA) is 40.5 Å². The second-order valence-electron chi connectivity index (χ2n) is 5.48. The van der Waals surface area contributed by atoms with Crippen molar-refractivity contribution in [1.29, 1.82) is 0 Å². The van der Waals surface area contributed by atoms with Crippen LogP contribution < -0.4 is 0 Å². The Balaban J connectivity index is 1.81. The van der Waals surface area contributed by atoms with Gasteiger partial charge in [-0.15, -0.1) is 11.8 Å². The minimum atomic E-state index is -0.581. The minimum Gasteiger partial charge on any atom is -0.388 e. The number of aliphatic hydroxyl groups excluding tert-OH is 1. The molecular formula is C19H22FNO2S. The molecule has 2 rings (SSSR count). The molecule has 3 nitrogen and oxygen atoms in total. The molecule has 1 amide bonds. The first-order valence-corrected chi connectivity index (χ1v) is 9.08. The third-order valence-electron chi connectivity index (χ3n) is 3.68. The van der Waals surface area contributed by atoms with Crippen LogP contribution >= 0.6 is 11.8 Å². The molecule has 128 valence electrons. The quantitative estimate of drug-likeness (QED) is 0.792. The van der Waals surface area contributed by atoms with Crippen molar-refractivity contribution in [2.24, 2.45) is 0 Å². The predicted molar refractivity (Wildman–Crippen MR) is 96.2 cm³/mol. The third kappa shape index (κ3) is 5.65. The van der Waals surface area contributed by atoms with E-state index in [2.05, 4.69) is 0 Å². The lowest BCUT2D eigenvalue weighted by Crippen LogP contribution is -2.32. The average molecular weight is 347 g/mol. The van der Waals surface area contributed by atoms with Crippen molar-refractivity contribution in [3.05, 3.63) is 71.5 Å². The van der Waals surface area contributed by atoms with Crippen LogP contribution in [0, 0.1) is 5.82 Å². The first-order chi connectivity index (χ1) is 11.6. The van der Waals surface area contributed by atoms with Gasteiger partial charge in [-0.3, -0.25) is 4.79 Å². The number of amides is 1. The third-order valence-corrected chi connectivity index (χ3v) is 4.69. The van der Waals surface area contributed by atoms with Crippen molar-refractivity contribution in [1.82, 2.24) is 4.90 Å². The molecule has 24 heavy (non-hydrogen) atoms. The lowest BCUT2D eigenvalue weighted by atomic mass is 10.1. The van der Waals surface area contributed by atoms with Gasteiger partial charge in [-0.05, 0) is 30.2 Å². The zero-order chi connectivity index (χ0) is 17.4. The Bertz CT molecular complexity index is 651. The Morgan fingerprint density at radius 2 is 1.96 bits per heavy atom. The van der Waals surface area contributed by atoms with E-state index < -0.39 is 6.10 Å². The molecule has 5 heteroatoms. The highest BCUT2D eigenvalue weighted by Gasteiger charge is 2.14. The van der Waals surface area contributed by atoms with Crippen molar-refractivity contribution >= 4 is 17.7 Å². The van der Waals surface area contributed by atoms with E-state index in [1.807, 2.05) is 43.3 Å². The maximum absolute atomic E-state index is 13.2. The number of thioether (sulfide) groups is 1. The van der Waals surface area contributed by atoms with Crippen LogP contribution in [-0.2, 0) is 11.3 Å². The molecule has 2 aromatic rings. The summed E-state index contributed by atoms with van der Waals surface area (Å²) in [6.07, 6.45) is -0.581. The lowest BCUT2D eigenvalue weighted by Gasteiger charge is -2.21. The van der Waals surface area contributed by atoms with Gasteiger partial charge in [0.1, 0.15) is 5.82 Å². The highest BCUT2D eigenvalue weighted by atomic mass is 32.2. The largest absolute Gasteiger partial charge is 0.388 e. The Morgan fingerprint density at radius 1 is 1.21 bits per heavy atom. The molecule has 0 aromatic heterocycles. The van der Waals surface area contributed by atoms with Gasteiger partial charge in [-0.25, -0.2) is 4.39 Å². The highest BCUT2D eigenvalue weighted by molar-refractivity contribution is 7.99. The number of nitrogens with zero attached hydrogens (tertiary/aromatic N) is 1. The second-order valence-corrected chi connectivity index (χ2v) is 6.51. The van der Waals surface area contributed by atoms with Crippen LogP contribution in [0.25, 0.3) is 0 Å². The van der Waals surface area contributed by atoms with Gasteiger partial charge in [0.2, 0.25) is 5.91 Å². The van der Waals surface area contributed by atoms with E-state index in [0.29, 0.717) is 24.6 Å². The van der Waals surface area contributed by atoms with Gasteiger partial charge in [0.25, 0.3) is 0 Å². The zero-order valence-corrected chi connectivity index (χ0v) is 14.5. The van der Waals surface area contributed by atoms with E-state index >= 15 is 0 Å². The lowest BCUT2D eigenvalue weighted by molar-refractivity contribution is -0.128. The van der Waals surface area contributed by atoms with Crippen LogP contribution in [0.15, 0.2) is 54.6 Å². The van der Waals surface area contributed by atoms with Gasteiger partial charge in [-0.2, -0.15) is 0 Å². The first-order valence-electron chi connectivity index (χ1n) is 7.93. The van der Waals surface area contributed by atoms with E-state index in [4.69, 9.17) is 0 Å². The molecule has 0 saturated carbocycles. The fourth-order valence-electron chi connectivity index (χ4n) is 2.35. The van der Waals surface area contributed by atoms with Gasteiger partial charge in [0, 0.05) is 18.8 Å². The summed E-state index contributed by atoms with van der Waals surface area (Å²) >= 11 is 1.41. The summed E-state index contributed by atoms with van der Waals surface area (Å²) in [7, 11) is 0. The molecule has 0 fully saturated rings. The number of rotatable bonds is 8. The summed E-state index contributed by atoms with van der Waals surface area (Å²) in [4.78, 5) is 14.0. The van der Waals surface area contributed by atoms with Gasteiger partial charge >= 0.3 is 0 Å². The Hall–Kier alpha value is -1.85. The summed E-state index contributed by atoms with van der Waals surface area (Å²) in [5.41, 5.74) is 1.63. The normalized spacial score (nSPS) is 12.0. The van der Waals surface area contributed by atoms with Crippen LogP contribution in [0.4, 0.5) is 4.39 Å². The number of halogens is 1. The zero-order valence-electron chi connectivity index (χ0n) is 13.7. The fourth-order valence-corrected chi connectivity index (χ4v) is 3.24. The van der Waals surface area contributed by atoms with E-state index in [1.165, 1.54) is 23.9 Å². The predicted octanol–water partition coefficient (Wildman–Crippen LogP) is 3.64. The van der Waals surface area contributed by atoms with Gasteiger partial charge in [0.15, 0.2) is 0 Å². The molecule has 0 spiro atoms. The standard InChI is InChI=1S/C19H22FNO2S/c1-2-21(12-15-7-6-10-17(20)11-15)19(23)14-24-13-18(22)16-8-4-3-5-9-16/h3-11,18,22H,2,12-14H2,1H3. The molecule has 0 radical (unpaired) electrons. The molecule has 0 bridgehead atoms.